The number of piperidine rings is 1. The highest BCUT2D eigenvalue weighted by atomic mass is 19.3. The molecule has 4 rings (SSSR count). The number of hydrogen-bond donors (Lipinski definition) is 2. The number of nitrogens with one attached hydrogen (secondary N) is 1. The highest BCUT2D eigenvalue weighted by Crippen LogP contribution is 2.52. The van der Waals surface area contributed by atoms with Gasteiger partial charge in [-0.1, -0.05) is 6.07 Å². The molecule has 7 heteroatoms. The first kappa shape index (κ1) is 17.5. The zero-order valence-electron chi connectivity index (χ0n) is 14.9. The fraction of sp³-hybridized carbons (Fsp3) is 0.684. The standard InChI is InChI=1S/C19H26F2N4O/c20-19(21)12-14(19)17(26)24-10-8-18(9-11-24)6-4-13(5-7-18)15-2-1-3-16(22)25(15)23/h1-3,13-14,22H,4-12,23H2. The number of hydrogen-bond acceptors (Lipinski definition) is 3. The van der Waals surface area contributed by atoms with Crippen LogP contribution in [0.15, 0.2) is 18.2 Å². The average Bonchev–Trinajstić information content (AvgIpc) is 3.27. The molecule has 0 radical (unpaired) electrons. The Morgan fingerprint density at radius 2 is 1.77 bits per heavy atom. The van der Waals surface area contributed by atoms with Crippen LogP contribution < -0.4 is 11.3 Å². The number of alkyl halides is 2. The molecule has 0 aromatic carbocycles. The number of likely N-dealkylation sites (tertiary alicyclic amines) is 1. The molecule has 142 valence electrons. The summed E-state index contributed by atoms with van der Waals surface area (Å²) in [7, 11) is 0. The predicted molar refractivity (Wildman–Crippen MR) is 92.9 cm³/mol. The SMILES string of the molecule is N=c1cccc(C2CCC3(CC2)CCN(C(=O)C2CC2(F)F)CC3)n1N. The molecule has 3 N–H and O–H groups in total. The number of amides is 1. The van der Waals surface area contributed by atoms with Crippen LogP contribution in [0.1, 0.15) is 56.6 Å². The molecular weight excluding hydrogens is 338 g/mol. The lowest BCUT2D eigenvalue weighted by Gasteiger charge is -2.46. The third-order valence-corrected chi connectivity index (χ3v) is 6.78. The van der Waals surface area contributed by atoms with Crippen LogP contribution in [0, 0.1) is 16.7 Å². The monoisotopic (exact) mass is 364 g/mol. The number of halogens is 2. The van der Waals surface area contributed by atoms with Crippen LogP contribution in [0.3, 0.4) is 0 Å². The molecule has 5 nitrogen and oxygen atoms in total. The van der Waals surface area contributed by atoms with E-state index in [9.17, 15) is 13.6 Å². The van der Waals surface area contributed by atoms with Crippen LogP contribution in [0.4, 0.5) is 8.78 Å². The van der Waals surface area contributed by atoms with Gasteiger partial charge in [-0.25, -0.2) is 13.5 Å². The summed E-state index contributed by atoms with van der Waals surface area (Å²) in [5, 5.41) is 7.85. The average molecular weight is 364 g/mol. The molecule has 3 fully saturated rings. The fourth-order valence-corrected chi connectivity index (χ4v) is 4.80. The Bertz CT molecular complexity index is 757. The van der Waals surface area contributed by atoms with E-state index in [-0.39, 0.29) is 17.7 Å². The van der Waals surface area contributed by atoms with Gasteiger partial charge < -0.3 is 10.7 Å². The van der Waals surface area contributed by atoms with E-state index in [2.05, 4.69) is 0 Å². The minimum Gasteiger partial charge on any atom is -0.342 e. The summed E-state index contributed by atoms with van der Waals surface area (Å²) < 4.78 is 27.8. The second kappa shape index (κ2) is 6.06. The first-order valence-corrected chi connectivity index (χ1v) is 9.50. The van der Waals surface area contributed by atoms with Crippen molar-refractivity contribution < 1.29 is 13.6 Å². The minimum atomic E-state index is -2.77. The van der Waals surface area contributed by atoms with Gasteiger partial charge in [0, 0.05) is 31.1 Å². The molecule has 26 heavy (non-hydrogen) atoms. The number of nitrogen functional groups attached to an aromatic ring is 1. The molecule has 1 atom stereocenters. The summed E-state index contributed by atoms with van der Waals surface area (Å²) in [5.74, 6) is 2.19. The van der Waals surface area contributed by atoms with Gasteiger partial charge in [0.1, 0.15) is 11.4 Å². The summed E-state index contributed by atoms with van der Waals surface area (Å²) in [6.45, 7) is 1.21. The van der Waals surface area contributed by atoms with E-state index in [1.807, 2.05) is 12.1 Å². The lowest BCUT2D eigenvalue weighted by molar-refractivity contribution is -0.137. The Morgan fingerprint density at radius 1 is 1.15 bits per heavy atom. The summed E-state index contributed by atoms with van der Waals surface area (Å²) in [6.07, 6.45) is 5.73. The molecule has 1 unspecified atom stereocenters. The Labute approximate surface area is 151 Å². The van der Waals surface area contributed by atoms with Gasteiger partial charge in [-0.2, -0.15) is 0 Å². The third kappa shape index (κ3) is 3.01. The molecule has 1 spiro atoms. The number of aromatic nitrogens is 1. The Kier molecular flexibility index (Phi) is 4.08. The molecule has 1 amide bonds. The van der Waals surface area contributed by atoms with E-state index in [0.29, 0.717) is 24.5 Å². The van der Waals surface area contributed by atoms with Gasteiger partial charge in [0.15, 0.2) is 0 Å². The smallest absolute Gasteiger partial charge is 0.260 e. The maximum Gasteiger partial charge on any atom is 0.260 e. The lowest BCUT2D eigenvalue weighted by atomic mass is 9.65. The topological polar surface area (TPSA) is 75.1 Å². The van der Waals surface area contributed by atoms with Crippen molar-refractivity contribution in [1.29, 1.82) is 5.41 Å². The van der Waals surface area contributed by atoms with Gasteiger partial charge >= 0.3 is 0 Å². The van der Waals surface area contributed by atoms with Crippen LogP contribution in [0.25, 0.3) is 0 Å². The van der Waals surface area contributed by atoms with Crippen molar-refractivity contribution in [2.75, 3.05) is 18.9 Å². The predicted octanol–water partition coefficient (Wildman–Crippen LogP) is 2.60. The van der Waals surface area contributed by atoms with Crippen LogP contribution in [-0.4, -0.2) is 34.5 Å². The van der Waals surface area contributed by atoms with Crippen molar-refractivity contribution in [3.05, 3.63) is 29.4 Å². The van der Waals surface area contributed by atoms with Crippen molar-refractivity contribution in [1.82, 2.24) is 9.58 Å². The largest absolute Gasteiger partial charge is 0.342 e. The molecule has 1 aromatic rings. The van der Waals surface area contributed by atoms with E-state index >= 15 is 0 Å². The zero-order chi connectivity index (χ0) is 18.5. The van der Waals surface area contributed by atoms with Crippen LogP contribution in [0.5, 0.6) is 0 Å². The number of carbonyl (C=O) groups is 1. The first-order valence-electron chi connectivity index (χ1n) is 9.50. The number of carbonyl (C=O) groups excluding carboxylic acids is 1. The zero-order valence-corrected chi connectivity index (χ0v) is 14.9. The molecule has 1 aliphatic heterocycles. The normalized spacial score (nSPS) is 27.5. The Balaban J connectivity index is 1.34. The van der Waals surface area contributed by atoms with E-state index < -0.39 is 11.8 Å². The number of nitrogens with two attached hydrogens (primary N) is 1. The summed E-state index contributed by atoms with van der Waals surface area (Å²) >= 11 is 0. The van der Waals surface area contributed by atoms with Crippen molar-refractivity contribution in [2.24, 2.45) is 11.3 Å². The highest BCUT2D eigenvalue weighted by molar-refractivity contribution is 5.83. The quantitative estimate of drug-likeness (QED) is 0.792. The second-order valence-corrected chi connectivity index (χ2v) is 8.32. The summed E-state index contributed by atoms with van der Waals surface area (Å²) in [4.78, 5) is 13.8. The summed E-state index contributed by atoms with van der Waals surface area (Å²) in [6, 6.07) is 5.56. The molecular formula is C19H26F2N4O. The van der Waals surface area contributed by atoms with Gasteiger partial charge in [0.25, 0.3) is 5.92 Å². The molecule has 2 saturated carbocycles. The number of nitrogens with zero attached hydrogens (tertiary/aromatic N) is 2. The van der Waals surface area contributed by atoms with E-state index in [1.165, 1.54) is 4.68 Å². The second-order valence-electron chi connectivity index (χ2n) is 8.32. The van der Waals surface area contributed by atoms with Crippen molar-refractivity contribution >= 4 is 5.91 Å². The van der Waals surface area contributed by atoms with E-state index in [1.54, 1.807) is 11.0 Å². The summed E-state index contributed by atoms with van der Waals surface area (Å²) in [5.41, 5.74) is 1.56. The lowest BCUT2D eigenvalue weighted by Crippen LogP contribution is -2.45. The van der Waals surface area contributed by atoms with Crippen molar-refractivity contribution in [3.63, 3.8) is 0 Å². The molecule has 1 saturated heterocycles. The fourth-order valence-electron chi connectivity index (χ4n) is 4.80. The van der Waals surface area contributed by atoms with Crippen molar-refractivity contribution in [3.8, 4) is 0 Å². The van der Waals surface area contributed by atoms with Gasteiger partial charge in [0.05, 0.1) is 0 Å². The molecule has 2 aliphatic carbocycles. The van der Waals surface area contributed by atoms with Gasteiger partial charge in [0.2, 0.25) is 5.91 Å². The van der Waals surface area contributed by atoms with Gasteiger partial charge in [-0.3, -0.25) is 10.2 Å². The molecule has 3 aliphatic rings. The van der Waals surface area contributed by atoms with E-state index in [4.69, 9.17) is 11.3 Å². The van der Waals surface area contributed by atoms with Crippen molar-refractivity contribution in [2.45, 2.75) is 56.8 Å². The highest BCUT2D eigenvalue weighted by Gasteiger charge is 2.62. The van der Waals surface area contributed by atoms with Crippen LogP contribution >= 0.6 is 0 Å². The van der Waals surface area contributed by atoms with Crippen LogP contribution in [0.2, 0.25) is 0 Å². The van der Waals surface area contributed by atoms with Gasteiger partial charge in [-0.05, 0) is 56.1 Å². The Hall–Kier alpha value is -1.92. The number of pyridine rings is 1. The van der Waals surface area contributed by atoms with Crippen LogP contribution in [-0.2, 0) is 4.79 Å². The maximum atomic E-state index is 13.1. The minimum absolute atomic E-state index is 0.233. The van der Waals surface area contributed by atoms with E-state index in [0.717, 1.165) is 44.2 Å². The maximum absolute atomic E-state index is 13.1. The number of rotatable bonds is 2. The first-order chi connectivity index (χ1) is 12.3. The molecule has 2 heterocycles. The molecule has 0 bridgehead atoms. The Morgan fingerprint density at radius 3 is 2.35 bits per heavy atom. The third-order valence-electron chi connectivity index (χ3n) is 6.78. The molecule has 1 aromatic heterocycles. The van der Waals surface area contributed by atoms with Gasteiger partial charge in [-0.15, -0.1) is 0 Å².